The van der Waals surface area contributed by atoms with Crippen LogP contribution in [0.15, 0.2) is 15.7 Å². The van der Waals surface area contributed by atoms with Crippen LogP contribution in [0.4, 0.5) is 0 Å². The minimum absolute atomic E-state index is 0.0243. The molecule has 1 aromatic heterocycles. The van der Waals surface area contributed by atoms with Gasteiger partial charge in [0.2, 0.25) is 0 Å². The van der Waals surface area contributed by atoms with Gasteiger partial charge in [0, 0.05) is 19.7 Å². The third-order valence-electron chi connectivity index (χ3n) is 2.17. The fraction of sp³-hybridized carbons (Fsp3) is 0.400. The summed E-state index contributed by atoms with van der Waals surface area (Å²) in [7, 11) is 1.40. The van der Waals surface area contributed by atoms with Gasteiger partial charge in [-0.15, -0.1) is 0 Å². The van der Waals surface area contributed by atoms with Crippen molar-refractivity contribution >= 4 is 11.9 Å². The lowest BCUT2D eigenvalue weighted by Crippen LogP contribution is -2.40. The van der Waals surface area contributed by atoms with Crippen molar-refractivity contribution in [2.24, 2.45) is 0 Å². The van der Waals surface area contributed by atoms with Gasteiger partial charge in [-0.2, -0.15) is 0 Å². The molecule has 19 heavy (non-hydrogen) atoms. The van der Waals surface area contributed by atoms with E-state index in [1.54, 1.807) is 0 Å². The maximum Gasteiger partial charge on any atom is 0.326 e. The van der Waals surface area contributed by atoms with E-state index in [0.717, 1.165) is 11.0 Å². The molecule has 1 heterocycles. The van der Waals surface area contributed by atoms with Crippen molar-refractivity contribution in [3.05, 3.63) is 32.6 Å². The van der Waals surface area contributed by atoms with E-state index in [4.69, 9.17) is 9.84 Å². The van der Waals surface area contributed by atoms with Crippen molar-refractivity contribution in [3.8, 4) is 0 Å². The average molecular weight is 271 g/mol. The molecule has 3 N–H and O–H groups in total. The molecule has 0 radical (unpaired) electrons. The third-order valence-corrected chi connectivity index (χ3v) is 2.17. The molecular weight excluding hydrogens is 258 g/mol. The number of carboxylic acid groups (broad SMARTS) is 1. The van der Waals surface area contributed by atoms with Crippen LogP contribution in [0.3, 0.4) is 0 Å². The molecule has 0 atom stereocenters. The smallest absolute Gasteiger partial charge is 0.326 e. The summed E-state index contributed by atoms with van der Waals surface area (Å²) in [6.45, 7) is -0.403. The summed E-state index contributed by atoms with van der Waals surface area (Å²) in [4.78, 5) is 49.8. The fourth-order valence-corrected chi connectivity index (χ4v) is 1.37. The Morgan fingerprint density at radius 3 is 2.58 bits per heavy atom. The number of amides is 1. The molecular formula is C10H13N3O6. The molecule has 0 fully saturated rings. The van der Waals surface area contributed by atoms with E-state index in [2.05, 4.69) is 4.98 Å². The number of carbonyl (C=O) groups is 2. The number of hydrogen-bond donors (Lipinski definition) is 3. The summed E-state index contributed by atoms with van der Waals surface area (Å²) >= 11 is 0. The zero-order chi connectivity index (χ0) is 14.4. The number of aromatic amines is 2. The van der Waals surface area contributed by atoms with Gasteiger partial charge < -0.3 is 19.7 Å². The third kappa shape index (κ3) is 4.39. The Labute approximate surface area is 106 Å². The van der Waals surface area contributed by atoms with Crippen LogP contribution in [-0.4, -0.2) is 58.7 Å². The van der Waals surface area contributed by atoms with Crippen molar-refractivity contribution in [2.75, 3.05) is 26.8 Å². The van der Waals surface area contributed by atoms with E-state index >= 15 is 0 Å². The van der Waals surface area contributed by atoms with E-state index in [0.29, 0.717) is 0 Å². The maximum atomic E-state index is 12.0. The van der Waals surface area contributed by atoms with E-state index in [-0.39, 0.29) is 18.8 Å². The van der Waals surface area contributed by atoms with Gasteiger partial charge in [-0.25, -0.2) is 4.79 Å². The summed E-state index contributed by atoms with van der Waals surface area (Å²) < 4.78 is 4.76. The maximum absolute atomic E-state index is 12.0. The van der Waals surface area contributed by atoms with Crippen molar-refractivity contribution in [1.82, 2.24) is 14.9 Å². The van der Waals surface area contributed by atoms with Gasteiger partial charge in [-0.05, 0) is 0 Å². The minimum atomic E-state index is -1.21. The van der Waals surface area contributed by atoms with Crippen LogP contribution in [-0.2, 0) is 9.53 Å². The molecule has 0 aliphatic heterocycles. The Bertz CT molecular complexity index is 547. The van der Waals surface area contributed by atoms with Gasteiger partial charge in [0.05, 0.1) is 6.61 Å². The van der Waals surface area contributed by atoms with E-state index in [1.807, 2.05) is 4.98 Å². The van der Waals surface area contributed by atoms with Crippen LogP contribution in [0, 0.1) is 0 Å². The lowest BCUT2D eigenvalue weighted by atomic mass is 10.3. The number of nitrogens with zero attached hydrogens (tertiary/aromatic N) is 1. The highest BCUT2D eigenvalue weighted by Gasteiger charge is 2.19. The zero-order valence-electron chi connectivity index (χ0n) is 10.1. The molecule has 1 amide bonds. The van der Waals surface area contributed by atoms with Gasteiger partial charge >= 0.3 is 11.7 Å². The average Bonchev–Trinajstić information content (AvgIpc) is 2.32. The number of methoxy groups -OCH3 is 1. The number of carbonyl (C=O) groups excluding carboxylic acids is 1. The molecule has 1 aromatic rings. The molecule has 9 heteroatoms. The quantitative estimate of drug-likeness (QED) is 0.561. The predicted octanol–water partition coefficient (Wildman–Crippen LogP) is -1.76. The highest BCUT2D eigenvalue weighted by molar-refractivity contribution is 5.93. The number of hydrogen-bond acceptors (Lipinski definition) is 5. The van der Waals surface area contributed by atoms with Crippen LogP contribution in [0.25, 0.3) is 0 Å². The van der Waals surface area contributed by atoms with Gasteiger partial charge in [0.25, 0.3) is 11.5 Å². The molecule has 1 rings (SSSR count). The Kier molecular flexibility index (Phi) is 5.01. The van der Waals surface area contributed by atoms with Crippen LogP contribution in [0.1, 0.15) is 10.5 Å². The normalized spacial score (nSPS) is 10.2. The van der Waals surface area contributed by atoms with Crippen molar-refractivity contribution in [1.29, 1.82) is 0 Å². The molecule has 0 unspecified atom stereocenters. The largest absolute Gasteiger partial charge is 0.480 e. The number of ether oxygens (including phenoxy) is 1. The second kappa shape index (κ2) is 6.50. The molecule has 0 aliphatic carbocycles. The highest BCUT2D eigenvalue weighted by atomic mass is 16.5. The molecule has 0 aromatic carbocycles. The molecule has 0 saturated heterocycles. The SMILES string of the molecule is COCCN(CC(=O)O)C(=O)c1cc(=O)[nH]c(=O)[nH]1. The number of aromatic nitrogens is 2. The second-order valence-corrected chi connectivity index (χ2v) is 3.61. The van der Waals surface area contributed by atoms with Crippen LogP contribution < -0.4 is 11.2 Å². The van der Waals surface area contributed by atoms with E-state index in [9.17, 15) is 19.2 Å². The topological polar surface area (TPSA) is 133 Å². The minimum Gasteiger partial charge on any atom is -0.480 e. The summed E-state index contributed by atoms with van der Waals surface area (Å²) in [5, 5.41) is 8.71. The standard InChI is InChI=1S/C10H13N3O6/c1-19-3-2-13(5-8(15)16)9(17)6-4-7(14)12-10(18)11-6/h4H,2-3,5H2,1H3,(H,15,16)(H2,11,12,14,18). The predicted molar refractivity (Wildman–Crippen MR) is 63.1 cm³/mol. The molecule has 104 valence electrons. The number of rotatable bonds is 6. The number of nitrogens with one attached hydrogen (secondary N) is 2. The van der Waals surface area contributed by atoms with E-state index in [1.165, 1.54) is 7.11 Å². The van der Waals surface area contributed by atoms with Crippen molar-refractivity contribution in [3.63, 3.8) is 0 Å². The monoisotopic (exact) mass is 271 g/mol. The van der Waals surface area contributed by atoms with Gasteiger partial charge in [-0.3, -0.25) is 19.4 Å². The highest BCUT2D eigenvalue weighted by Crippen LogP contribution is 1.98. The molecule has 9 nitrogen and oxygen atoms in total. The fourth-order valence-electron chi connectivity index (χ4n) is 1.37. The first-order valence-corrected chi connectivity index (χ1v) is 5.27. The van der Waals surface area contributed by atoms with Gasteiger partial charge in [-0.1, -0.05) is 0 Å². The Hall–Kier alpha value is -2.42. The second-order valence-electron chi connectivity index (χ2n) is 3.61. The first-order valence-electron chi connectivity index (χ1n) is 5.27. The Morgan fingerprint density at radius 1 is 1.37 bits per heavy atom. The Balaban J connectivity index is 3.00. The molecule has 0 aliphatic rings. The lowest BCUT2D eigenvalue weighted by molar-refractivity contribution is -0.137. The number of H-pyrrole nitrogens is 2. The molecule has 0 bridgehead atoms. The zero-order valence-corrected chi connectivity index (χ0v) is 10.1. The first-order chi connectivity index (χ1) is 8.93. The lowest BCUT2D eigenvalue weighted by Gasteiger charge is -2.19. The van der Waals surface area contributed by atoms with Gasteiger partial charge in [0.1, 0.15) is 12.2 Å². The van der Waals surface area contributed by atoms with Crippen molar-refractivity contribution < 1.29 is 19.4 Å². The summed E-state index contributed by atoms with van der Waals surface area (Å²) in [6.07, 6.45) is 0. The van der Waals surface area contributed by atoms with Crippen molar-refractivity contribution in [2.45, 2.75) is 0 Å². The number of aliphatic carboxylic acids is 1. The molecule has 0 spiro atoms. The number of carboxylic acids is 1. The summed E-state index contributed by atoms with van der Waals surface area (Å²) in [6, 6.07) is 0.894. The Morgan fingerprint density at radius 2 is 2.05 bits per heavy atom. The van der Waals surface area contributed by atoms with Crippen LogP contribution >= 0.6 is 0 Å². The van der Waals surface area contributed by atoms with E-state index < -0.39 is 29.7 Å². The molecule has 0 saturated carbocycles. The first kappa shape index (κ1) is 14.6. The summed E-state index contributed by atoms with van der Waals surface area (Å²) in [5.74, 6) is -1.97. The van der Waals surface area contributed by atoms with Crippen LogP contribution in [0.2, 0.25) is 0 Å². The summed E-state index contributed by atoms with van der Waals surface area (Å²) in [5.41, 5.74) is -1.85. The van der Waals surface area contributed by atoms with Crippen LogP contribution in [0.5, 0.6) is 0 Å². The van der Waals surface area contributed by atoms with Gasteiger partial charge in [0.15, 0.2) is 0 Å².